The average Bonchev–Trinajstić information content (AvgIpc) is 2.40. The predicted molar refractivity (Wildman–Crippen MR) is 63.2 cm³/mol. The number of hydrogen-bond acceptors (Lipinski definition) is 2. The molecular formula is C12H20F4N2O. The molecule has 0 unspecified atom stereocenters. The molecule has 1 amide bonds. The first kappa shape index (κ1) is 16.2. The lowest BCUT2D eigenvalue weighted by molar-refractivity contribution is -0.183. The summed E-state index contributed by atoms with van der Waals surface area (Å²) in [6, 6.07) is -0.363. The highest BCUT2D eigenvalue weighted by molar-refractivity contribution is 5.84. The quantitative estimate of drug-likeness (QED) is 0.761. The van der Waals surface area contributed by atoms with E-state index >= 15 is 0 Å². The fourth-order valence-electron chi connectivity index (χ4n) is 2.39. The molecule has 19 heavy (non-hydrogen) atoms. The summed E-state index contributed by atoms with van der Waals surface area (Å²) in [5.41, 5.74) is 5.30. The largest absolute Gasteiger partial charge is 0.383 e. The van der Waals surface area contributed by atoms with Gasteiger partial charge in [-0.1, -0.05) is 19.3 Å². The SMILES string of the molecule is NCCCN(C(=O)C(F)(F)C(F)F)C1CCCCC1. The summed E-state index contributed by atoms with van der Waals surface area (Å²) in [5.74, 6) is -6.37. The lowest BCUT2D eigenvalue weighted by Crippen LogP contribution is -2.52. The summed E-state index contributed by atoms with van der Waals surface area (Å²) in [7, 11) is 0. The molecule has 0 atom stereocenters. The van der Waals surface area contributed by atoms with Gasteiger partial charge in [0.05, 0.1) is 0 Å². The van der Waals surface area contributed by atoms with Gasteiger partial charge in [-0.05, 0) is 25.8 Å². The Morgan fingerprint density at radius 2 is 1.84 bits per heavy atom. The smallest absolute Gasteiger partial charge is 0.334 e. The highest BCUT2D eigenvalue weighted by Crippen LogP contribution is 2.30. The molecular weight excluding hydrogens is 264 g/mol. The third-order valence-electron chi connectivity index (χ3n) is 3.44. The summed E-state index contributed by atoms with van der Waals surface area (Å²) in [6.07, 6.45) is 0.200. The van der Waals surface area contributed by atoms with Gasteiger partial charge in [0.1, 0.15) is 0 Å². The second-order valence-corrected chi connectivity index (χ2v) is 4.86. The molecule has 0 aromatic carbocycles. The Hall–Kier alpha value is -0.850. The average molecular weight is 284 g/mol. The van der Waals surface area contributed by atoms with Crippen molar-refractivity contribution in [2.45, 2.75) is 56.9 Å². The van der Waals surface area contributed by atoms with Crippen molar-refractivity contribution in [1.82, 2.24) is 4.90 Å². The number of nitrogens with zero attached hydrogens (tertiary/aromatic N) is 1. The van der Waals surface area contributed by atoms with Crippen molar-refractivity contribution in [3.8, 4) is 0 Å². The van der Waals surface area contributed by atoms with Crippen molar-refractivity contribution in [1.29, 1.82) is 0 Å². The van der Waals surface area contributed by atoms with Crippen LogP contribution in [0.1, 0.15) is 38.5 Å². The summed E-state index contributed by atoms with van der Waals surface area (Å²) in [6.45, 7) is 0.249. The zero-order chi connectivity index (χ0) is 14.5. The van der Waals surface area contributed by atoms with Gasteiger partial charge in [0.15, 0.2) is 0 Å². The number of hydrogen-bond donors (Lipinski definition) is 1. The first-order valence-electron chi connectivity index (χ1n) is 6.58. The molecule has 0 spiro atoms. The van der Waals surface area contributed by atoms with Crippen LogP contribution in [0.2, 0.25) is 0 Å². The fourth-order valence-corrected chi connectivity index (χ4v) is 2.39. The molecule has 112 valence electrons. The van der Waals surface area contributed by atoms with E-state index in [-0.39, 0.29) is 19.1 Å². The maximum absolute atomic E-state index is 13.2. The minimum atomic E-state index is -4.61. The molecule has 1 rings (SSSR count). The van der Waals surface area contributed by atoms with Gasteiger partial charge in [-0.25, -0.2) is 8.78 Å². The summed E-state index contributed by atoms with van der Waals surface area (Å²) in [4.78, 5) is 12.6. The van der Waals surface area contributed by atoms with Crippen LogP contribution in [0, 0.1) is 0 Å². The van der Waals surface area contributed by atoms with Gasteiger partial charge >= 0.3 is 12.3 Å². The highest BCUT2D eigenvalue weighted by atomic mass is 19.3. The summed E-state index contributed by atoms with van der Waals surface area (Å²) in [5, 5.41) is 0. The summed E-state index contributed by atoms with van der Waals surface area (Å²) < 4.78 is 51.0. The molecule has 1 aliphatic carbocycles. The number of halogens is 4. The monoisotopic (exact) mass is 284 g/mol. The molecule has 1 aliphatic rings. The van der Waals surface area contributed by atoms with E-state index in [2.05, 4.69) is 0 Å². The molecule has 0 heterocycles. The number of carbonyl (C=O) groups is 1. The predicted octanol–water partition coefficient (Wildman–Crippen LogP) is 2.40. The first-order chi connectivity index (χ1) is 8.91. The Morgan fingerprint density at radius 1 is 1.26 bits per heavy atom. The van der Waals surface area contributed by atoms with Crippen molar-refractivity contribution >= 4 is 5.91 Å². The van der Waals surface area contributed by atoms with E-state index in [0.29, 0.717) is 19.3 Å². The standard InChI is InChI=1S/C12H20F4N2O/c13-10(14)12(15,16)11(19)18(8-4-7-17)9-5-2-1-3-6-9/h9-10H,1-8,17H2. The Kier molecular flexibility index (Phi) is 6.03. The second-order valence-electron chi connectivity index (χ2n) is 4.86. The van der Waals surface area contributed by atoms with Gasteiger partial charge in [0.25, 0.3) is 5.91 Å². The van der Waals surface area contributed by atoms with Gasteiger partial charge in [-0.2, -0.15) is 8.78 Å². The Morgan fingerprint density at radius 3 is 2.32 bits per heavy atom. The second kappa shape index (κ2) is 7.07. The van der Waals surface area contributed by atoms with Crippen LogP contribution < -0.4 is 5.73 Å². The summed E-state index contributed by atoms with van der Waals surface area (Å²) >= 11 is 0. The number of rotatable bonds is 6. The van der Waals surface area contributed by atoms with Crippen molar-refractivity contribution in [2.75, 3.05) is 13.1 Å². The van der Waals surface area contributed by atoms with Crippen LogP contribution in [0.4, 0.5) is 17.6 Å². The van der Waals surface area contributed by atoms with Gasteiger partial charge in [-0.15, -0.1) is 0 Å². The third-order valence-corrected chi connectivity index (χ3v) is 3.44. The Labute approximate surface area is 110 Å². The van der Waals surface area contributed by atoms with Crippen LogP contribution in [0.25, 0.3) is 0 Å². The number of amides is 1. The van der Waals surface area contributed by atoms with E-state index in [1.54, 1.807) is 0 Å². The molecule has 0 bridgehead atoms. The van der Waals surface area contributed by atoms with Gasteiger partial charge in [0.2, 0.25) is 0 Å². The maximum atomic E-state index is 13.2. The molecule has 7 heteroatoms. The fraction of sp³-hybridized carbons (Fsp3) is 0.917. The van der Waals surface area contributed by atoms with E-state index in [1.807, 2.05) is 0 Å². The van der Waals surface area contributed by atoms with Crippen molar-refractivity contribution < 1.29 is 22.4 Å². The molecule has 0 aliphatic heterocycles. The maximum Gasteiger partial charge on any atom is 0.383 e. The van der Waals surface area contributed by atoms with E-state index in [4.69, 9.17) is 5.73 Å². The van der Waals surface area contributed by atoms with E-state index in [9.17, 15) is 22.4 Å². The van der Waals surface area contributed by atoms with Gasteiger partial charge in [-0.3, -0.25) is 4.79 Å². The van der Waals surface area contributed by atoms with Gasteiger partial charge in [0, 0.05) is 12.6 Å². The number of alkyl halides is 4. The van der Waals surface area contributed by atoms with Crippen LogP contribution in [-0.4, -0.2) is 42.3 Å². The number of carbonyl (C=O) groups excluding carboxylic acids is 1. The molecule has 1 saturated carbocycles. The molecule has 0 aromatic heterocycles. The minimum absolute atomic E-state index is 0.0162. The number of nitrogens with two attached hydrogens (primary N) is 1. The van der Waals surface area contributed by atoms with Crippen LogP contribution in [0.15, 0.2) is 0 Å². The Bertz CT molecular complexity index is 293. The minimum Gasteiger partial charge on any atom is -0.334 e. The highest BCUT2D eigenvalue weighted by Gasteiger charge is 2.52. The normalized spacial score (nSPS) is 17.8. The zero-order valence-corrected chi connectivity index (χ0v) is 10.8. The van der Waals surface area contributed by atoms with Crippen LogP contribution in [0.5, 0.6) is 0 Å². The molecule has 1 fully saturated rings. The van der Waals surface area contributed by atoms with E-state index < -0.39 is 18.3 Å². The zero-order valence-electron chi connectivity index (χ0n) is 10.8. The lowest BCUT2D eigenvalue weighted by Gasteiger charge is -2.36. The van der Waals surface area contributed by atoms with Crippen molar-refractivity contribution in [2.24, 2.45) is 5.73 Å². The van der Waals surface area contributed by atoms with Crippen molar-refractivity contribution in [3.05, 3.63) is 0 Å². The van der Waals surface area contributed by atoms with Gasteiger partial charge < -0.3 is 10.6 Å². The first-order valence-corrected chi connectivity index (χ1v) is 6.58. The van der Waals surface area contributed by atoms with Crippen LogP contribution in [-0.2, 0) is 4.79 Å². The lowest BCUT2D eigenvalue weighted by atomic mass is 9.93. The molecule has 0 radical (unpaired) electrons. The Balaban J connectivity index is 2.80. The third kappa shape index (κ3) is 4.06. The van der Waals surface area contributed by atoms with E-state index in [1.165, 1.54) is 0 Å². The van der Waals surface area contributed by atoms with Crippen molar-refractivity contribution in [3.63, 3.8) is 0 Å². The molecule has 3 nitrogen and oxygen atoms in total. The van der Waals surface area contributed by atoms with Crippen LogP contribution >= 0.6 is 0 Å². The molecule has 0 saturated heterocycles. The molecule has 0 aromatic rings. The molecule has 2 N–H and O–H groups in total. The van der Waals surface area contributed by atoms with Crippen LogP contribution in [0.3, 0.4) is 0 Å². The topological polar surface area (TPSA) is 46.3 Å². The van der Waals surface area contributed by atoms with E-state index in [0.717, 1.165) is 24.2 Å².